The number of amides is 1. The van der Waals surface area contributed by atoms with Crippen LogP contribution in [0.4, 0.5) is 6.01 Å². The van der Waals surface area contributed by atoms with Crippen molar-refractivity contribution in [3.8, 4) is 22.3 Å². The number of benzene rings is 1. The molecule has 0 aliphatic heterocycles. The SMILES string of the molecule is COc1ccc(OC)c(C(=O)Nc2nnc(-c3cccs3)o2)c1. The van der Waals surface area contributed by atoms with Gasteiger partial charge in [-0.25, -0.2) is 0 Å². The Morgan fingerprint density at radius 1 is 1.22 bits per heavy atom. The van der Waals surface area contributed by atoms with Crippen LogP contribution in [0.3, 0.4) is 0 Å². The van der Waals surface area contributed by atoms with Gasteiger partial charge in [-0.15, -0.1) is 16.4 Å². The van der Waals surface area contributed by atoms with Gasteiger partial charge < -0.3 is 13.9 Å². The first-order valence-corrected chi connectivity index (χ1v) is 7.50. The number of rotatable bonds is 5. The van der Waals surface area contributed by atoms with Crippen LogP contribution in [0.2, 0.25) is 0 Å². The van der Waals surface area contributed by atoms with Gasteiger partial charge in [0.05, 0.1) is 24.7 Å². The van der Waals surface area contributed by atoms with Gasteiger partial charge in [0.1, 0.15) is 11.5 Å². The first-order valence-electron chi connectivity index (χ1n) is 6.62. The minimum Gasteiger partial charge on any atom is -0.497 e. The van der Waals surface area contributed by atoms with Crippen LogP contribution in [0.1, 0.15) is 10.4 Å². The van der Waals surface area contributed by atoms with Crippen molar-refractivity contribution >= 4 is 23.3 Å². The largest absolute Gasteiger partial charge is 0.497 e. The number of aromatic nitrogens is 2. The molecule has 2 heterocycles. The minimum absolute atomic E-state index is 0.0169. The molecule has 0 saturated carbocycles. The van der Waals surface area contributed by atoms with Crippen molar-refractivity contribution in [1.82, 2.24) is 10.2 Å². The van der Waals surface area contributed by atoms with Crippen molar-refractivity contribution in [1.29, 1.82) is 0 Å². The summed E-state index contributed by atoms with van der Waals surface area (Å²) in [6.07, 6.45) is 0. The summed E-state index contributed by atoms with van der Waals surface area (Å²) in [5, 5.41) is 12.2. The summed E-state index contributed by atoms with van der Waals surface area (Å²) in [6, 6.07) is 8.68. The topological polar surface area (TPSA) is 86.5 Å². The lowest BCUT2D eigenvalue weighted by Gasteiger charge is -2.09. The summed E-state index contributed by atoms with van der Waals surface area (Å²) in [5.41, 5.74) is 0.308. The molecule has 0 fully saturated rings. The predicted molar refractivity (Wildman–Crippen MR) is 85.1 cm³/mol. The van der Waals surface area contributed by atoms with Gasteiger partial charge in [-0.2, -0.15) is 0 Å². The zero-order valence-electron chi connectivity index (χ0n) is 12.4. The van der Waals surface area contributed by atoms with Crippen LogP contribution >= 0.6 is 11.3 Å². The summed E-state index contributed by atoms with van der Waals surface area (Å²) in [5.74, 6) is 0.886. The number of nitrogens with one attached hydrogen (secondary N) is 1. The van der Waals surface area contributed by atoms with Crippen LogP contribution in [0.25, 0.3) is 10.8 Å². The molecule has 0 bridgehead atoms. The number of nitrogens with zero attached hydrogens (tertiary/aromatic N) is 2. The van der Waals surface area contributed by atoms with E-state index in [4.69, 9.17) is 13.9 Å². The van der Waals surface area contributed by atoms with Gasteiger partial charge in [-0.1, -0.05) is 11.2 Å². The van der Waals surface area contributed by atoms with Crippen LogP contribution in [0.15, 0.2) is 40.1 Å². The smallest absolute Gasteiger partial charge is 0.322 e. The highest BCUT2D eigenvalue weighted by Gasteiger charge is 2.17. The second-order valence-corrected chi connectivity index (χ2v) is 5.36. The van der Waals surface area contributed by atoms with Crippen molar-refractivity contribution < 1.29 is 18.7 Å². The summed E-state index contributed by atoms with van der Waals surface area (Å²) < 4.78 is 15.7. The lowest BCUT2D eigenvalue weighted by atomic mass is 10.1. The van der Waals surface area contributed by atoms with Crippen molar-refractivity contribution in [3.63, 3.8) is 0 Å². The second kappa shape index (κ2) is 6.49. The average Bonchev–Trinajstić information content (AvgIpc) is 3.25. The highest BCUT2D eigenvalue weighted by atomic mass is 32.1. The molecule has 0 unspecified atom stereocenters. The second-order valence-electron chi connectivity index (χ2n) is 4.41. The molecule has 118 valence electrons. The van der Waals surface area contributed by atoms with Crippen LogP contribution in [0, 0.1) is 0 Å². The predicted octanol–water partition coefficient (Wildman–Crippen LogP) is 3.07. The Kier molecular flexibility index (Phi) is 4.24. The highest BCUT2D eigenvalue weighted by Crippen LogP contribution is 2.27. The maximum Gasteiger partial charge on any atom is 0.322 e. The summed E-state index contributed by atoms with van der Waals surface area (Å²) in [6.45, 7) is 0. The molecule has 0 spiro atoms. The van der Waals surface area contributed by atoms with Gasteiger partial charge in [0.2, 0.25) is 0 Å². The molecule has 3 rings (SSSR count). The van der Waals surface area contributed by atoms with Crippen molar-refractivity contribution in [3.05, 3.63) is 41.3 Å². The van der Waals surface area contributed by atoms with Crippen LogP contribution < -0.4 is 14.8 Å². The molecular formula is C15H13N3O4S. The van der Waals surface area contributed by atoms with Gasteiger partial charge >= 0.3 is 6.01 Å². The fourth-order valence-electron chi connectivity index (χ4n) is 1.93. The minimum atomic E-state index is -0.429. The third kappa shape index (κ3) is 3.16. The van der Waals surface area contributed by atoms with Crippen molar-refractivity contribution in [2.45, 2.75) is 0 Å². The Hall–Kier alpha value is -2.87. The number of carbonyl (C=O) groups excluding carboxylic acids is 1. The zero-order chi connectivity index (χ0) is 16.2. The van der Waals surface area contributed by atoms with Crippen LogP contribution in [0.5, 0.6) is 11.5 Å². The lowest BCUT2D eigenvalue weighted by molar-refractivity contribution is 0.102. The number of thiophene rings is 1. The Labute approximate surface area is 135 Å². The maximum absolute atomic E-state index is 12.4. The number of methoxy groups -OCH3 is 2. The molecule has 1 N–H and O–H groups in total. The number of hydrogen-bond donors (Lipinski definition) is 1. The van der Waals surface area contributed by atoms with E-state index in [2.05, 4.69) is 15.5 Å². The fraction of sp³-hybridized carbons (Fsp3) is 0.133. The van der Waals surface area contributed by atoms with Crippen molar-refractivity contribution in [2.75, 3.05) is 19.5 Å². The Balaban J connectivity index is 1.82. The van der Waals surface area contributed by atoms with Gasteiger partial charge in [-0.05, 0) is 29.6 Å². The Morgan fingerprint density at radius 2 is 2.09 bits per heavy atom. The first kappa shape index (κ1) is 15.0. The standard InChI is InChI=1S/C15H13N3O4S/c1-20-9-5-6-11(21-2)10(8-9)13(19)16-15-18-17-14(22-15)12-4-3-7-23-12/h3-8H,1-2H3,(H,16,18,19). The van der Waals surface area contributed by atoms with Gasteiger partial charge in [0, 0.05) is 0 Å². The van der Waals surface area contributed by atoms with Crippen molar-refractivity contribution in [2.24, 2.45) is 0 Å². The Morgan fingerprint density at radius 3 is 2.78 bits per heavy atom. The first-order chi connectivity index (χ1) is 11.2. The molecular weight excluding hydrogens is 318 g/mol. The maximum atomic E-state index is 12.4. The molecule has 3 aromatic rings. The van der Waals surface area contributed by atoms with Gasteiger partial charge in [0.25, 0.3) is 11.8 Å². The third-order valence-electron chi connectivity index (χ3n) is 3.03. The summed E-state index contributed by atoms with van der Waals surface area (Å²) >= 11 is 1.47. The molecule has 0 radical (unpaired) electrons. The molecule has 0 aliphatic carbocycles. The van der Waals surface area contributed by atoms with E-state index in [0.717, 1.165) is 4.88 Å². The highest BCUT2D eigenvalue weighted by molar-refractivity contribution is 7.13. The quantitative estimate of drug-likeness (QED) is 0.773. The third-order valence-corrected chi connectivity index (χ3v) is 3.89. The zero-order valence-corrected chi connectivity index (χ0v) is 13.2. The van der Waals surface area contributed by atoms with E-state index in [1.807, 2.05) is 17.5 Å². The molecule has 1 amide bonds. The number of hydrogen-bond acceptors (Lipinski definition) is 7. The molecule has 7 nitrogen and oxygen atoms in total. The molecule has 0 saturated heterocycles. The van der Waals surface area contributed by atoms with E-state index in [-0.39, 0.29) is 6.01 Å². The fourth-order valence-corrected chi connectivity index (χ4v) is 2.57. The van der Waals surface area contributed by atoms with Gasteiger partial charge in [-0.3, -0.25) is 10.1 Å². The van der Waals surface area contributed by atoms with E-state index in [1.54, 1.807) is 18.2 Å². The molecule has 1 aromatic carbocycles. The lowest BCUT2D eigenvalue weighted by Crippen LogP contribution is -2.13. The van der Waals surface area contributed by atoms with E-state index in [9.17, 15) is 4.79 Å². The monoisotopic (exact) mass is 331 g/mol. The number of anilines is 1. The van der Waals surface area contributed by atoms with E-state index >= 15 is 0 Å². The average molecular weight is 331 g/mol. The van der Waals surface area contributed by atoms with E-state index in [0.29, 0.717) is 23.0 Å². The van der Waals surface area contributed by atoms with Crippen LogP contribution in [-0.4, -0.2) is 30.3 Å². The Bertz CT molecular complexity index is 814. The molecule has 0 atom stereocenters. The summed E-state index contributed by atoms with van der Waals surface area (Å²) in [7, 11) is 3.01. The molecule has 23 heavy (non-hydrogen) atoms. The molecule has 2 aromatic heterocycles. The van der Waals surface area contributed by atoms with E-state index in [1.165, 1.54) is 25.6 Å². The summed E-state index contributed by atoms with van der Waals surface area (Å²) in [4.78, 5) is 13.2. The number of carbonyl (C=O) groups is 1. The van der Waals surface area contributed by atoms with Gasteiger partial charge in [0.15, 0.2) is 0 Å². The number of ether oxygens (including phenoxy) is 2. The van der Waals surface area contributed by atoms with E-state index < -0.39 is 5.91 Å². The molecule has 0 aliphatic rings. The normalized spacial score (nSPS) is 10.3. The van der Waals surface area contributed by atoms with Crippen LogP contribution in [-0.2, 0) is 0 Å². The molecule has 8 heteroatoms.